The fraction of sp³-hybridized carbons (Fsp3) is 0.458. The van der Waals surface area contributed by atoms with E-state index in [1.807, 2.05) is 26.1 Å². The minimum Gasteiger partial charge on any atom is -0.382 e. The number of aryl methyl sites for hydroxylation is 2. The molecule has 1 saturated carbocycles. The van der Waals surface area contributed by atoms with Crippen molar-refractivity contribution in [1.82, 2.24) is 4.98 Å². The van der Waals surface area contributed by atoms with Crippen LogP contribution in [0.15, 0.2) is 40.4 Å². The standard InChI is InChI=1S/C24H29ClN4O/c1-14-5-6-17(18-12-22(25)15(2)27-13-18)11-21(14)24(28-16(3)23(26)29-24)19-7-9-20(30-4)10-8-19/h5-6,11-13,19-20H,7-10H2,1-4H3,(H2,26,29). The SMILES string of the molecule is COC1CCC(C2(c3cc(-c4cnc(C)c(Cl)c4)ccc3C)N=C(C)C(N)=N2)CC1. The zero-order chi connectivity index (χ0) is 21.5. The van der Waals surface area contributed by atoms with Crippen LogP contribution in [-0.2, 0) is 10.4 Å². The van der Waals surface area contributed by atoms with Crippen molar-refractivity contribution in [2.75, 3.05) is 7.11 Å². The van der Waals surface area contributed by atoms with E-state index in [2.05, 4.69) is 30.1 Å². The van der Waals surface area contributed by atoms with Crippen LogP contribution in [0.2, 0.25) is 5.02 Å². The van der Waals surface area contributed by atoms with Crippen LogP contribution in [0.4, 0.5) is 0 Å². The molecule has 1 aliphatic heterocycles. The molecule has 0 bridgehead atoms. The lowest BCUT2D eigenvalue weighted by atomic mass is 9.74. The van der Waals surface area contributed by atoms with E-state index in [9.17, 15) is 0 Å². The molecular formula is C24H29ClN4O. The summed E-state index contributed by atoms with van der Waals surface area (Å²) in [6.45, 7) is 5.98. The maximum atomic E-state index is 6.34. The van der Waals surface area contributed by atoms with Crippen molar-refractivity contribution in [2.24, 2.45) is 21.6 Å². The number of amidine groups is 1. The number of rotatable bonds is 4. The normalized spacial score (nSPS) is 26.4. The number of nitrogens with two attached hydrogens (primary N) is 1. The Balaban J connectivity index is 1.81. The lowest BCUT2D eigenvalue weighted by Crippen LogP contribution is -2.36. The van der Waals surface area contributed by atoms with Gasteiger partial charge < -0.3 is 10.5 Å². The molecule has 1 atom stereocenters. The number of nitrogens with zero attached hydrogens (tertiary/aromatic N) is 3. The van der Waals surface area contributed by atoms with Crippen molar-refractivity contribution in [3.05, 3.63) is 52.3 Å². The van der Waals surface area contributed by atoms with E-state index in [4.69, 9.17) is 32.1 Å². The fourth-order valence-electron chi connectivity index (χ4n) is 4.69. The van der Waals surface area contributed by atoms with Crippen molar-refractivity contribution in [3.63, 3.8) is 0 Å². The van der Waals surface area contributed by atoms with Gasteiger partial charge in [0.25, 0.3) is 0 Å². The largest absolute Gasteiger partial charge is 0.382 e. The van der Waals surface area contributed by atoms with Crippen molar-refractivity contribution < 1.29 is 4.74 Å². The zero-order valence-electron chi connectivity index (χ0n) is 18.1. The van der Waals surface area contributed by atoms with E-state index in [1.165, 1.54) is 0 Å². The topological polar surface area (TPSA) is 72.9 Å². The predicted molar refractivity (Wildman–Crippen MR) is 123 cm³/mol. The molecule has 2 aromatic rings. The van der Waals surface area contributed by atoms with Gasteiger partial charge in [0.05, 0.1) is 22.5 Å². The first-order chi connectivity index (χ1) is 14.3. The molecule has 5 nitrogen and oxygen atoms in total. The number of halogens is 1. The van der Waals surface area contributed by atoms with E-state index in [-0.39, 0.29) is 5.92 Å². The summed E-state index contributed by atoms with van der Waals surface area (Å²) >= 11 is 6.34. The highest BCUT2D eigenvalue weighted by atomic mass is 35.5. The van der Waals surface area contributed by atoms with Gasteiger partial charge in [-0.1, -0.05) is 23.7 Å². The van der Waals surface area contributed by atoms with Gasteiger partial charge in [-0.15, -0.1) is 0 Å². The quantitative estimate of drug-likeness (QED) is 0.732. The summed E-state index contributed by atoms with van der Waals surface area (Å²) in [7, 11) is 1.79. The molecule has 0 saturated heterocycles. The van der Waals surface area contributed by atoms with Crippen molar-refractivity contribution >= 4 is 23.1 Å². The second kappa shape index (κ2) is 8.12. The molecule has 1 aromatic carbocycles. The van der Waals surface area contributed by atoms with Gasteiger partial charge in [-0.3, -0.25) is 9.98 Å². The lowest BCUT2D eigenvalue weighted by molar-refractivity contribution is 0.0426. The van der Waals surface area contributed by atoms with Crippen molar-refractivity contribution in [1.29, 1.82) is 0 Å². The number of aliphatic imine (C=N–C) groups is 2. The third-order valence-corrected chi connectivity index (χ3v) is 6.95. The molecule has 30 heavy (non-hydrogen) atoms. The van der Waals surface area contributed by atoms with Crippen LogP contribution >= 0.6 is 11.6 Å². The molecule has 2 N–H and O–H groups in total. The molecule has 0 amide bonds. The fourth-order valence-corrected chi connectivity index (χ4v) is 4.85. The van der Waals surface area contributed by atoms with Crippen LogP contribution in [-0.4, -0.2) is 29.7 Å². The van der Waals surface area contributed by atoms with Crippen LogP contribution in [0.3, 0.4) is 0 Å². The van der Waals surface area contributed by atoms with Crippen LogP contribution in [0.5, 0.6) is 0 Å². The summed E-state index contributed by atoms with van der Waals surface area (Å²) in [5.74, 6) is 0.822. The Hall–Kier alpha value is -2.24. The Kier molecular flexibility index (Phi) is 5.69. The predicted octanol–water partition coefficient (Wildman–Crippen LogP) is 5.21. The molecule has 2 aliphatic rings. The molecule has 0 radical (unpaired) electrons. The molecule has 1 aliphatic carbocycles. The summed E-state index contributed by atoms with van der Waals surface area (Å²) in [5, 5.41) is 0.666. The Bertz CT molecular complexity index is 1000. The van der Waals surface area contributed by atoms with Gasteiger partial charge >= 0.3 is 0 Å². The van der Waals surface area contributed by atoms with E-state index in [0.717, 1.165) is 59.3 Å². The summed E-state index contributed by atoms with van der Waals surface area (Å²) in [6.07, 6.45) is 6.24. The van der Waals surface area contributed by atoms with Gasteiger partial charge in [-0.25, -0.2) is 4.99 Å². The average molecular weight is 425 g/mol. The molecule has 2 heterocycles. The summed E-state index contributed by atoms with van der Waals surface area (Å²) in [4.78, 5) is 14.5. The first kappa shape index (κ1) is 21.0. The van der Waals surface area contributed by atoms with Gasteiger partial charge in [0.15, 0.2) is 5.66 Å². The second-order valence-electron chi connectivity index (χ2n) is 8.45. The van der Waals surface area contributed by atoms with Gasteiger partial charge in [-0.05, 0) is 69.7 Å². The number of benzene rings is 1. The van der Waals surface area contributed by atoms with Gasteiger partial charge in [0, 0.05) is 30.4 Å². The molecule has 0 spiro atoms. The van der Waals surface area contributed by atoms with Crippen LogP contribution in [0.1, 0.15) is 49.4 Å². The molecule has 1 fully saturated rings. The van der Waals surface area contributed by atoms with E-state index in [1.54, 1.807) is 7.11 Å². The molecule has 6 heteroatoms. The van der Waals surface area contributed by atoms with Crippen molar-refractivity contribution in [3.8, 4) is 11.1 Å². The Morgan fingerprint density at radius 2 is 1.77 bits per heavy atom. The maximum Gasteiger partial charge on any atom is 0.181 e. The smallest absolute Gasteiger partial charge is 0.181 e. The summed E-state index contributed by atoms with van der Waals surface area (Å²) in [5.41, 5.74) is 11.5. The highest BCUT2D eigenvalue weighted by Gasteiger charge is 2.46. The number of ether oxygens (including phenoxy) is 1. The van der Waals surface area contributed by atoms with Gasteiger partial charge in [0.2, 0.25) is 0 Å². The minimum atomic E-state index is -0.672. The maximum absolute atomic E-state index is 6.34. The lowest BCUT2D eigenvalue weighted by Gasteiger charge is -2.38. The average Bonchev–Trinajstić information content (AvgIpc) is 3.05. The number of methoxy groups -OCH3 is 1. The molecule has 1 aromatic heterocycles. The van der Waals surface area contributed by atoms with Gasteiger partial charge in [-0.2, -0.15) is 0 Å². The third kappa shape index (κ3) is 3.65. The van der Waals surface area contributed by atoms with Crippen LogP contribution in [0, 0.1) is 19.8 Å². The minimum absolute atomic E-state index is 0.286. The van der Waals surface area contributed by atoms with Crippen LogP contribution < -0.4 is 5.73 Å². The highest BCUT2D eigenvalue weighted by Crippen LogP contribution is 2.47. The number of pyridine rings is 1. The molecular weight excluding hydrogens is 396 g/mol. The summed E-state index contributed by atoms with van der Waals surface area (Å²) in [6, 6.07) is 8.40. The van der Waals surface area contributed by atoms with E-state index in [0.29, 0.717) is 17.0 Å². The Morgan fingerprint density at radius 1 is 1.03 bits per heavy atom. The summed E-state index contributed by atoms with van der Waals surface area (Å²) < 4.78 is 5.59. The highest BCUT2D eigenvalue weighted by molar-refractivity contribution is 6.41. The Morgan fingerprint density at radius 3 is 2.37 bits per heavy atom. The zero-order valence-corrected chi connectivity index (χ0v) is 18.8. The van der Waals surface area contributed by atoms with Crippen LogP contribution in [0.25, 0.3) is 11.1 Å². The number of aromatic nitrogens is 1. The van der Waals surface area contributed by atoms with E-state index >= 15 is 0 Å². The third-order valence-electron chi connectivity index (χ3n) is 6.57. The first-order valence-corrected chi connectivity index (χ1v) is 10.9. The molecule has 4 rings (SSSR count). The second-order valence-corrected chi connectivity index (χ2v) is 8.86. The molecule has 158 valence electrons. The Labute approximate surface area is 183 Å². The van der Waals surface area contributed by atoms with Gasteiger partial charge in [0.1, 0.15) is 5.84 Å². The molecule has 1 unspecified atom stereocenters. The van der Waals surface area contributed by atoms with E-state index < -0.39 is 5.66 Å². The first-order valence-electron chi connectivity index (χ1n) is 10.5. The number of hydrogen-bond donors (Lipinski definition) is 1. The van der Waals surface area contributed by atoms with Crippen molar-refractivity contribution in [2.45, 2.75) is 58.2 Å². The monoisotopic (exact) mass is 424 g/mol. The number of hydrogen-bond acceptors (Lipinski definition) is 5.